The summed E-state index contributed by atoms with van der Waals surface area (Å²) in [6.07, 6.45) is 0. The summed E-state index contributed by atoms with van der Waals surface area (Å²) < 4.78 is 15.8. The third-order valence-electron chi connectivity index (χ3n) is 2.31. The van der Waals surface area contributed by atoms with Gasteiger partial charge in [0.05, 0.1) is 14.2 Å². The third-order valence-corrected chi connectivity index (χ3v) is 2.31. The smallest absolute Gasteiger partial charge is 0.222 e. The zero-order valence-electron chi connectivity index (χ0n) is 10.2. The molecule has 0 aliphatic carbocycles. The Labute approximate surface area is 105 Å². The van der Waals surface area contributed by atoms with Gasteiger partial charge in [-0.15, -0.1) is 0 Å². The van der Waals surface area contributed by atoms with E-state index in [-0.39, 0.29) is 0 Å². The van der Waals surface area contributed by atoms with E-state index < -0.39 is 0 Å². The zero-order valence-corrected chi connectivity index (χ0v) is 10.2. The Kier molecular flexibility index (Phi) is 3.52. The quantitative estimate of drug-likeness (QED) is 0.839. The van der Waals surface area contributed by atoms with E-state index in [9.17, 15) is 0 Å². The highest BCUT2D eigenvalue weighted by Gasteiger charge is 2.07. The van der Waals surface area contributed by atoms with Gasteiger partial charge in [-0.3, -0.25) is 0 Å². The minimum atomic E-state index is 0.428. The molecule has 0 saturated heterocycles. The number of aromatic nitrogens is 1. The zero-order chi connectivity index (χ0) is 13.0. The van der Waals surface area contributed by atoms with Crippen LogP contribution in [0.15, 0.2) is 36.4 Å². The summed E-state index contributed by atoms with van der Waals surface area (Å²) in [6, 6.07) is 10.4. The molecule has 0 radical (unpaired) electrons. The molecule has 1 aromatic heterocycles. The van der Waals surface area contributed by atoms with Crippen LogP contribution in [0.1, 0.15) is 0 Å². The van der Waals surface area contributed by atoms with E-state index in [1.54, 1.807) is 50.6 Å². The molecule has 0 saturated carbocycles. The van der Waals surface area contributed by atoms with Gasteiger partial charge in [-0.25, -0.2) is 0 Å². The number of nitrogens with zero attached hydrogens (tertiary/aromatic N) is 1. The molecule has 5 heteroatoms. The third kappa shape index (κ3) is 2.63. The largest absolute Gasteiger partial charge is 0.493 e. The highest BCUT2D eigenvalue weighted by Crippen LogP contribution is 2.32. The maximum absolute atomic E-state index is 5.67. The molecule has 5 nitrogen and oxygen atoms in total. The molecule has 94 valence electrons. The molecule has 2 N–H and O–H groups in total. The van der Waals surface area contributed by atoms with Crippen molar-refractivity contribution >= 4 is 5.69 Å². The molecule has 0 spiro atoms. The number of hydrogen-bond donors (Lipinski definition) is 1. The van der Waals surface area contributed by atoms with Gasteiger partial charge in [0, 0.05) is 23.9 Å². The van der Waals surface area contributed by atoms with Crippen LogP contribution in [0.2, 0.25) is 0 Å². The van der Waals surface area contributed by atoms with Crippen molar-refractivity contribution in [3.63, 3.8) is 0 Å². The van der Waals surface area contributed by atoms with Crippen molar-refractivity contribution in [1.29, 1.82) is 0 Å². The van der Waals surface area contributed by atoms with Gasteiger partial charge in [0.1, 0.15) is 0 Å². The van der Waals surface area contributed by atoms with Gasteiger partial charge in [0.15, 0.2) is 11.5 Å². The van der Waals surface area contributed by atoms with Gasteiger partial charge < -0.3 is 19.9 Å². The van der Waals surface area contributed by atoms with Crippen molar-refractivity contribution in [2.24, 2.45) is 0 Å². The molecule has 2 rings (SSSR count). The Morgan fingerprint density at radius 1 is 0.944 bits per heavy atom. The van der Waals surface area contributed by atoms with Crippen LogP contribution in [0.25, 0.3) is 0 Å². The minimum absolute atomic E-state index is 0.428. The van der Waals surface area contributed by atoms with Crippen LogP contribution in [0.5, 0.6) is 23.3 Å². The molecular weight excluding hydrogens is 232 g/mol. The predicted molar refractivity (Wildman–Crippen MR) is 68.3 cm³/mol. The summed E-state index contributed by atoms with van der Waals surface area (Å²) in [4.78, 5) is 4.15. The number of benzene rings is 1. The number of rotatable bonds is 4. The molecule has 0 amide bonds. The number of nitrogens with two attached hydrogens (primary N) is 1. The van der Waals surface area contributed by atoms with Crippen LogP contribution in [0.4, 0.5) is 5.69 Å². The Morgan fingerprint density at radius 3 is 2.44 bits per heavy atom. The standard InChI is InChI=1S/C13H14N2O3/c1-16-11-8-9(14)6-7-10(11)18-13-5-3-4-12(15-13)17-2/h3-8H,14H2,1-2H3. The van der Waals surface area contributed by atoms with Crippen LogP contribution >= 0.6 is 0 Å². The normalized spacial score (nSPS) is 9.89. The first-order chi connectivity index (χ1) is 8.72. The molecule has 0 aliphatic heterocycles. The lowest BCUT2D eigenvalue weighted by Gasteiger charge is -2.10. The van der Waals surface area contributed by atoms with Crippen LogP contribution in [0.3, 0.4) is 0 Å². The first-order valence-corrected chi connectivity index (χ1v) is 5.35. The lowest BCUT2D eigenvalue weighted by Crippen LogP contribution is -1.95. The highest BCUT2D eigenvalue weighted by molar-refractivity contribution is 5.52. The molecule has 2 aromatic rings. The summed E-state index contributed by atoms with van der Waals surface area (Å²) in [6.45, 7) is 0. The van der Waals surface area contributed by atoms with E-state index in [4.69, 9.17) is 19.9 Å². The summed E-state index contributed by atoms with van der Waals surface area (Å²) in [7, 11) is 3.11. The highest BCUT2D eigenvalue weighted by atomic mass is 16.5. The average molecular weight is 246 g/mol. The van der Waals surface area contributed by atoms with Gasteiger partial charge in [0.25, 0.3) is 0 Å². The molecule has 0 fully saturated rings. The van der Waals surface area contributed by atoms with Crippen LogP contribution in [-0.4, -0.2) is 19.2 Å². The molecular formula is C13H14N2O3. The summed E-state index contributed by atoms with van der Waals surface area (Å²) >= 11 is 0. The Hall–Kier alpha value is -2.43. The number of anilines is 1. The van der Waals surface area contributed by atoms with E-state index in [0.717, 1.165) is 0 Å². The fourth-order valence-electron chi connectivity index (χ4n) is 1.45. The minimum Gasteiger partial charge on any atom is -0.493 e. The molecule has 0 bridgehead atoms. The summed E-state index contributed by atoms with van der Waals surface area (Å²) in [5.41, 5.74) is 6.28. The number of ether oxygens (including phenoxy) is 3. The second-order valence-electron chi connectivity index (χ2n) is 3.53. The van der Waals surface area contributed by atoms with Gasteiger partial charge in [-0.2, -0.15) is 4.98 Å². The van der Waals surface area contributed by atoms with Crippen molar-refractivity contribution in [2.45, 2.75) is 0 Å². The fraction of sp³-hybridized carbons (Fsp3) is 0.154. The lowest BCUT2D eigenvalue weighted by atomic mass is 10.3. The van der Waals surface area contributed by atoms with E-state index in [2.05, 4.69) is 4.98 Å². The van der Waals surface area contributed by atoms with Crippen LogP contribution in [0, 0.1) is 0 Å². The SMILES string of the molecule is COc1cccc(Oc2ccc(N)cc2OC)n1. The Bertz CT molecular complexity index is 544. The molecule has 18 heavy (non-hydrogen) atoms. The molecule has 1 heterocycles. The Morgan fingerprint density at radius 2 is 1.72 bits per heavy atom. The maximum atomic E-state index is 5.67. The van der Waals surface area contributed by atoms with E-state index in [0.29, 0.717) is 28.9 Å². The summed E-state index contributed by atoms with van der Waals surface area (Å²) in [5, 5.41) is 0. The topological polar surface area (TPSA) is 66.6 Å². The first-order valence-electron chi connectivity index (χ1n) is 5.35. The number of methoxy groups -OCH3 is 2. The molecule has 0 aliphatic rings. The van der Waals surface area contributed by atoms with Crippen molar-refractivity contribution in [3.05, 3.63) is 36.4 Å². The van der Waals surface area contributed by atoms with Crippen molar-refractivity contribution < 1.29 is 14.2 Å². The van der Waals surface area contributed by atoms with Gasteiger partial charge in [0.2, 0.25) is 11.8 Å². The lowest BCUT2D eigenvalue weighted by molar-refractivity contribution is 0.362. The number of nitrogen functional groups attached to an aromatic ring is 1. The average Bonchev–Trinajstić information content (AvgIpc) is 2.41. The van der Waals surface area contributed by atoms with Crippen LogP contribution < -0.4 is 19.9 Å². The number of hydrogen-bond acceptors (Lipinski definition) is 5. The van der Waals surface area contributed by atoms with E-state index in [1.807, 2.05) is 0 Å². The second kappa shape index (κ2) is 5.27. The van der Waals surface area contributed by atoms with Crippen molar-refractivity contribution in [2.75, 3.05) is 20.0 Å². The van der Waals surface area contributed by atoms with Gasteiger partial charge in [-0.1, -0.05) is 6.07 Å². The first kappa shape index (κ1) is 12.0. The van der Waals surface area contributed by atoms with Crippen molar-refractivity contribution in [3.8, 4) is 23.3 Å². The van der Waals surface area contributed by atoms with Crippen molar-refractivity contribution in [1.82, 2.24) is 4.98 Å². The molecule has 0 atom stereocenters. The van der Waals surface area contributed by atoms with Gasteiger partial charge in [-0.05, 0) is 12.1 Å². The molecule has 1 aromatic carbocycles. The van der Waals surface area contributed by atoms with E-state index >= 15 is 0 Å². The van der Waals surface area contributed by atoms with Crippen LogP contribution in [-0.2, 0) is 0 Å². The fourth-order valence-corrected chi connectivity index (χ4v) is 1.45. The monoisotopic (exact) mass is 246 g/mol. The second-order valence-corrected chi connectivity index (χ2v) is 3.53. The molecule has 0 unspecified atom stereocenters. The van der Waals surface area contributed by atoms with E-state index in [1.165, 1.54) is 0 Å². The maximum Gasteiger partial charge on any atom is 0.222 e. The Balaban J connectivity index is 2.27. The predicted octanol–water partition coefficient (Wildman–Crippen LogP) is 2.47. The van der Waals surface area contributed by atoms with Gasteiger partial charge >= 0.3 is 0 Å². The number of pyridine rings is 1. The summed E-state index contributed by atoms with van der Waals surface area (Å²) in [5.74, 6) is 2.02.